The first-order chi connectivity index (χ1) is 10.1. The molecule has 0 aliphatic rings. The summed E-state index contributed by atoms with van der Waals surface area (Å²) in [5.41, 5.74) is 3.69. The number of phenols is 2. The lowest BCUT2D eigenvalue weighted by molar-refractivity contribution is 0.373. The van der Waals surface area contributed by atoms with Crippen LogP contribution in [0.3, 0.4) is 0 Å². The van der Waals surface area contributed by atoms with E-state index in [0.29, 0.717) is 17.1 Å². The van der Waals surface area contributed by atoms with Crippen molar-refractivity contribution in [1.82, 2.24) is 0 Å². The van der Waals surface area contributed by atoms with Crippen molar-refractivity contribution in [2.24, 2.45) is 0 Å². The number of phenolic OH excluding ortho intramolecular Hbond substituents is 2. The van der Waals surface area contributed by atoms with Crippen molar-refractivity contribution in [3.8, 4) is 23.0 Å². The lowest BCUT2D eigenvalue weighted by Crippen LogP contribution is -1.92. The topological polar surface area (TPSA) is 58.9 Å². The van der Waals surface area contributed by atoms with Gasteiger partial charge in [-0.3, -0.25) is 0 Å². The highest BCUT2D eigenvalue weighted by Gasteiger charge is 2.11. The first kappa shape index (κ1) is 15.1. The fourth-order valence-corrected chi connectivity index (χ4v) is 2.23. The van der Waals surface area contributed by atoms with Gasteiger partial charge in [0.25, 0.3) is 0 Å². The Morgan fingerprint density at radius 1 is 0.905 bits per heavy atom. The third-order valence-electron chi connectivity index (χ3n) is 3.09. The lowest BCUT2D eigenvalue weighted by atomic mass is 9.98. The maximum atomic E-state index is 9.65. The molecule has 0 atom stereocenters. The normalized spacial score (nSPS) is 10.0. The van der Waals surface area contributed by atoms with Crippen molar-refractivity contribution in [3.05, 3.63) is 53.1 Å². The molecule has 4 nitrogen and oxygen atoms in total. The van der Waals surface area contributed by atoms with Crippen LogP contribution in [0.5, 0.6) is 23.0 Å². The zero-order valence-electron chi connectivity index (χ0n) is 11.6. The maximum absolute atomic E-state index is 9.65. The van der Waals surface area contributed by atoms with Crippen LogP contribution in [0.25, 0.3) is 5.57 Å². The molecular weight excluding hydrogens is 292 g/mol. The average molecular weight is 307 g/mol. The standard InChI is InChI=1S/C16H15ClO4/c1-20-15-7-10(3-5-13(15)18)12(9-17)11-4-6-14(19)16(8-11)21-2/h3-9,18-19H,1-2H3. The number of aromatic hydroxyl groups is 2. The second kappa shape index (κ2) is 6.41. The molecule has 0 unspecified atom stereocenters. The van der Waals surface area contributed by atoms with E-state index in [1.165, 1.54) is 31.9 Å². The second-order valence-electron chi connectivity index (χ2n) is 4.30. The monoisotopic (exact) mass is 306 g/mol. The SMILES string of the molecule is COc1cc(C(=CCl)c2ccc(O)c(OC)c2)ccc1O. The molecule has 0 aliphatic heterocycles. The summed E-state index contributed by atoms with van der Waals surface area (Å²) in [5, 5.41) is 19.3. The molecular formula is C16H15ClO4. The van der Waals surface area contributed by atoms with Gasteiger partial charge in [0.15, 0.2) is 23.0 Å². The van der Waals surface area contributed by atoms with Crippen LogP contribution in [0.2, 0.25) is 0 Å². The number of hydrogen-bond acceptors (Lipinski definition) is 4. The summed E-state index contributed by atoms with van der Waals surface area (Å²) in [4.78, 5) is 0. The van der Waals surface area contributed by atoms with E-state index in [1.54, 1.807) is 24.3 Å². The molecule has 0 saturated heterocycles. The predicted octanol–water partition coefficient (Wildman–Crippen LogP) is 3.74. The molecule has 0 fully saturated rings. The molecule has 0 bridgehead atoms. The molecule has 0 heterocycles. The number of halogens is 1. The van der Waals surface area contributed by atoms with Crippen LogP contribution in [-0.2, 0) is 0 Å². The van der Waals surface area contributed by atoms with E-state index in [1.807, 2.05) is 0 Å². The van der Waals surface area contributed by atoms with E-state index in [9.17, 15) is 10.2 Å². The van der Waals surface area contributed by atoms with Gasteiger partial charge in [0.1, 0.15) is 0 Å². The second-order valence-corrected chi connectivity index (χ2v) is 4.51. The quantitative estimate of drug-likeness (QED) is 0.903. The lowest BCUT2D eigenvalue weighted by Gasteiger charge is -2.12. The molecule has 2 aromatic rings. The summed E-state index contributed by atoms with van der Waals surface area (Å²) in [5.74, 6) is 0.820. The molecule has 21 heavy (non-hydrogen) atoms. The van der Waals surface area contributed by atoms with E-state index < -0.39 is 0 Å². The summed E-state index contributed by atoms with van der Waals surface area (Å²) in [7, 11) is 2.96. The zero-order chi connectivity index (χ0) is 15.4. The van der Waals surface area contributed by atoms with Gasteiger partial charge in [-0.1, -0.05) is 23.7 Å². The minimum Gasteiger partial charge on any atom is -0.504 e. The molecule has 5 heteroatoms. The fraction of sp³-hybridized carbons (Fsp3) is 0.125. The molecule has 2 rings (SSSR count). The van der Waals surface area contributed by atoms with Gasteiger partial charge in [0.2, 0.25) is 0 Å². The molecule has 0 aliphatic carbocycles. The number of hydrogen-bond donors (Lipinski definition) is 2. The van der Waals surface area contributed by atoms with Crippen LogP contribution in [-0.4, -0.2) is 24.4 Å². The molecule has 2 N–H and O–H groups in total. The van der Waals surface area contributed by atoms with Crippen LogP contribution in [0.4, 0.5) is 0 Å². The van der Waals surface area contributed by atoms with E-state index in [-0.39, 0.29) is 11.5 Å². The number of rotatable bonds is 4. The number of methoxy groups -OCH3 is 2. The minimum atomic E-state index is 0.0541. The van der Waals surface area contributed by atoms with Crippen LogP contribution in [0.15, 0.2) is 41.9 Å². The smallest absolute Gasteiger partial charge is 0.161 e. The summed E-state index contributed by atoms with van der Waals surface area (Å²) in [6.07, 6.45) is 0. The van der Waals surface area contributed by atoms with Gasteiger partial charge in [-0.25, -0.2) is 0 Å². The largest absolute Gasteiger partial charge is 0.504 e. The molecule has 0 amide bonds. The van der Waals surface area contributed by atoms with E-state index >= 15 is 0 Å². The van der Waals surface area contributed by atoms with Crippen LogP contribution in [0.1, 0.15) is 11.1 Å². The predicted molar refractivity (Wildman–Crippen MR) is 82.2 cm³/mol. The van der Waals surface area contributed by atoms with E-state index in [2.05, 4.69) is 0 Å². The molecule has 0 saturated carbocycles. The van der Waals surface area contributed by atoms with Gasteiger partial charge >= 0.3 is 0 Å². The third kappa shape index (κ3) is 3.06. The van der Waals surface area contributed by atoms with Crippen molar-refractivity contribution in [3.63, 3.8) is 0 Å². The zero-order valence-corrected chi connectivity index (χ0v) is 12.4. The van der Waals surface area contributed by atoms with Crippen molar-refractivity contribution >= 4 is 17.2 Å². The Morgan fingerprint density at radius 2 is 1.33 bits per heavy atom. The van der Waals surface area contributed by atoms with Gasteiger partial charge in [-0.15, -0.1) is 0 Å². The third-order valence-corrected chi connectivity index (χ3v) is 3.31. The van der Waals surface area contributed by atoms with Gasteiger partial charge < -0.3 is 19.7 Å². The highest BCUT2D eigenvalue weighted by Crippen LogP contribution is 2.35. The Morgan fingerprint density at radius 3 is 1.67 bits per heavy atom. The van der Waals surface area contributed by atoms with Crippen LogP contribution >= 0.6 is 11.6 Å². The first-order valence-electron chi connectivity index (χ1n) is 6.15. The molecule has 0 radical (unpaired) electrons. The van der Waals surface area contributed by atoms with Crippen molar-refractivity contribution in [2.75, 3.05) is 14.2 Å². The van der Waals surface area contributed by atoms with Crippen LogP contribution < -0.4 is 9.47 Å². The van der Waals surface area contributed by atoms with Crippen molar-refractivity contribution in [2.45, 2.75) is 0 Å². The molecule has 0 spiro atoms. The first-order valence-corrected chi connectivity index (χ1v) is 6.59. The molecule has 2 aromatic carbocycles. The van der Waals surface area contributed by atoms with Crippen molar-refractivity contribution in [1.29, 1.82) is 0 Å². The molecule has 110 valence electrons. The Labute approximate surface area is 127 Å². The average Bonchev–Trinajstić information content (AvgIpc) is 2.51. The Kier molecular flexibility index (Phi) is 4.60. The maximum Gasteiger partial charge on any atom is 0.161 e. The Balaban J connectivity index is 2.50. The van der Waals surface area contributed by atoms with Gasteiger partial charge in [0.05, 0.1) is 14.2 Å². The summed E-state index contributed by atoms with van der Waals surface area (Å²) in [6, 6.07) is 9.89. The van der Waals surface area contributed by atoms with Gasteiger partial charge in [0, 0.05) is 11.1 Å². The van der Waals surface area contributed by atoms with Crippen LogP contribution in [0, 0.1) is 0 Å². The molecule has 0 aromatic heterocycles. The van der Waals surface area contributed by atoms with E-state index in [0.717, 1.165) is 11.1 Å². The van der Waals surface area contributed by atoms with E-state index in [4.69, 9.17) is 21.1 Å². The highest BCUT2D eigenvalue weighted by molar-refractivity contribution is 6.29. The fourth-order valence-electron chi connectivity index (χ4n) is 1.98. The summed E-state index contributed by atoms with van der Waals surface area (Å²) < 4.78 is 10.2. The van der Waals surface area contributed by atoms with Gasteiger partial charge in [-0.2, -0.15) is 0 Å². The highest BCUT2D eigenvalue weighted by atomic mass is 35.5. The van der Waals surface area contributed by atoms with Gasteiger partial charge in [-0.05, 0) is 35.4 Å². The van der Waals surface area contributed by atoms with Crippen molar-refractivity contribution < 1.29 is 19.7 Å². The number of benzene rings is 2. The summed E-state index contributed by atoms with van der Waals surface area (Å²) in [6.45, 7) is 0. The summed E-state index contributed by atoms with van der Waals surface area (Å²) >= 11 is 5.94. The Bertz CT molecular complexity index is 624. The minimum absolute atomic E-state index is 0.0541. The number of ether oxygens (including phenoxy) is 2. The Hall–Kier alpha value is -2.33.